The monoisotopic (exact) mass is 364 g/mol. The van der Waals surface area contributed by atoms with Gasteiger partial charge in [0.15, 0.2) is 0 Å². The van der Waals surface area contributed by atoms with Gasteiger partial charge in [-0.05, 0) is 29.8 Å². The lowest BCUT2D eigenvalue weighted by atomic mass is 10.1. The predicted molar refractivity (Wildman–Crippen MR) is 86.3 cm³/mol. The van der Waals surface area contributed by atoms with Crippen molar-refractivity contribution in [3.05, 3.63) is 80.0 Å². The van der Waals surface area contributed by atoms with E-state index in [2.05, 4.69) is 4.98 Å². The Labute approximate surface area is 143 Å². The van der Waals surface area contributed by atoms with Crippen LogP contribution in [0.15, 0.2) is 52.1 Å². The molecule has 0 radical (unpaired) electrons. The molecule has 0 saturated heterocycles. The number of H-pyrrole nitrogens is 1. The minimum Gasteiger partial charge on any atom is -0.478 e. The Morgan fingerprint density at radius 1 is 1.12 bits per heavy atom. The number of carboxylic acids is 1. The number of carboxylic acid groups (broad SMARTS) is 1. The minimum absolute atomic E-state index is 0.000238. The highest BCUT2D eigenvalue weighted by molar-refractivity contribution is 5.92. The molecule has 1 aromatic heterocycles. The highest BCUT2D eigenvalue weighted by Gasteiger charge is 2.33. The van der Waals surface area contributed by atoms with Crippen molar-refractivity contribution in [1.29, 1.82) is 0 Å². The van der Waals surface area contributed by atoms with Gasteiger partial charge in [0.25, 0.3) is 5.56 Å². The van der Waals surface area contributed by atoms with E-state index in [9.17, 15) is 27.6 Å². The lowest BCUT2D eigenvalue weighted by Gasteiger charge is -2.13. The number of hydrogen-bond acceptors (Lipinski definition) is 3. The third kappa shape index (κ3) is 3.10. The van der Waals surface area contributed by atoms with Gasteiger partial charge in [-0.15, -0.1) is 0 Å². The number of benzene rings is 2. The standard InChI is InChI=1S/C17H11F3N2O4/c18-17(19,20)12-4-2-1-3-10(12)8-22-14(23)11-6-5-9(15(24)25)7-13(11)21-16(22)26/h1-7H,8H2,(H,21,26)(H,24,25). The van der Waals surface area contributed by atoms with Crippen LogP contribution in [0.4, 0.5) is 13.2 Å². The van der Waals surface area contributed by atoms with E-state index in [-0.39, 0.29) is 22.0 Å². The van der Waals surface area contributed by atoms with Crippen molar-refractivity contribution in [3.8, 4) is 0 Å². The molecule has 3 aromatic rings. The highest BCUT2D eigenvalue weighted by Crippen LogP contribution is 2.31. The summed E-state index contributed by atoms with van der Waals surface area (Å²) in [6, 6.07) is 8.16. The van der Waals surface area contributed by atoms with Gasteiger partial charge in [0, 0.05) is 0 Å². The number of aromatic carboxylic acids is 1. The fraction of sp³-hybridized carbons (Fsp3) is 0.118. The quantitative estimate of drug-likeness (QED) is 0.747. The fourth-order valence-corrected chi connectivity index (χ4v) is 2.64. The molecule has 6 nitrogen and oxygen atoms in total. The van der Waals surface area contributed by atoms with E-state index in [4.69, 9.17) is 5.11 Å². The van der Waals surface area contributed by atoms with E-state index in [1.54, 1.807) is 0 Å². The van der Waals surface area contributed by atoms with Crippen molar-refractivity contribution in [1.82, 2.24) is 9.55 Å². The summed E-state index contributed by atoms with van der Waals surface area (Å²) in [4.78, 5) is 38.0. The summed E-state index contributed by atoms with van der Waals surface area (Å²) in [7, 11) is 0. The van der Waals surface area contributed by atoms with E-state index in [0.717, 1.165) is 12.1 Å². The average Bonchev–Trinajstić information content (AvgIpc) is 2.57. The molecule has 0 spiro atoms. The zero-order chi connectivity index (χ0) is 19.1. The Morgan fingerprint density at radius 3 is 2.46 bits per heavy atom. The lowest BCUT2D eigenvalue weighted by Crippen LogP contribution is -2.36. The van der Waals surface area contributed by atoms with Gasteiger partial charge >= 0.3 is 17.8 Å². The second-order valence-electron chi connectivity index (χ2n) is 5.54. The van der Waals surface area contributed by atoms with Crippen LogP contribution in [0.5, 0.6) is 0 Å². The zero-order valence-corrected chi connectivity index (χ0v) is 13.0. The van der Waals surface area contributed by atoms with E-state index in [1.165, 1.54) is 30.3 Å². The molecule has 0 unspecified atom stereocenters. The Hall–Kier alpha value is -3.36. The molecule has 1 heterocycles. The van der Waals surface area contributed by atoms with Crippen LogP contribution in [-0.2, 0) is 12.7 Å². The molecule has 26 heavy (non-hydrogen) atoms. The molecule has 9 heteroatoms. The Morgan fingerprint density at radius 2 is 1.81 bits per heavy atom. The molecule has 0 bridgehead atoms. The third-order valence-electron chi connectivity index (χ3n) is 3.88. The molecule has 134 valence electrons. The number of aromatic nitrogens is 2. The summed E-state index contributed by atoms with van der Waals surface area (Å²) in [5.74, 6) is -1.24. The van der Waals surface area contributed by atoms with Gasteiger partial charge in [-0.1, -0.05) is 18.2 Å². The molecule has 0 aliphatic rings. The van der Waals surface area contributed by atoms with Gasteiger partial charge in [0.05, 0.1) is 28.6 Å². The maximum absolute atomic E-state index is 13.1. The summed E-state index contributed by atoms with van der Waals surface area (Å²) in [6.45, 7) is -0.569. The van der Waals surface area contributed by atoms with Crippen LogP contribution < -0.4 is 11.2 Å². The first-order valence-corrected chi connectivity index (χ1v) is 7.34. The largest absolute Gasteiger partial charge is 0.478 e. The van der Waals surface area contributed by atoms with Gasteiger partial charge < -0.3 is 10.1 Å². The molecule has 0 saturated carbocycles. The Balaban J connectivity index is 2.16. The second kappa shape index (κ2) is 6.17. The summed E-state index contributed by atoms with van der Waals surface area (Å²) in [6.07, 6.45) is -4.62. The molecule has 0 aliphatic heterocycles. The number of carbonyl (C=O) groups is 1. The summed E-state index contributed by atoms with van der Waals surface area (Å²) >= 11 is 0. The number of hydrogen-bond donors (Lipinski definition) is 2. The SMILES string of the molecule is O=C(O)c1ccc2c(=O)n(Cc3ccccc3C(F)(F)F)c(=O)[nH]c2c1. The first kappa shape index (κ1) is 17.5. The van der Waals surface area contributed by atoms with Gasteiger partial charge in [-0.3, -0.25) is 9.36 Å². The summed E-state index contributed by atoms with van der Waals surface area (Å²) in [5.41, 5.74) is -3.03. The van der Waals surface area contributed by atoms with E-state index >= 15 is 0 Å². The molecule has 0 atom stereocenters. The van der Waals surface area contributed by atoms with Gasteiger partial charge in [0.1, 0.15) is 0 Å². The number of alkyl halides is 3. The Bertz CT molecular complexity index is 1130. The molecular weight excluding hydrogens is 353 g/mol. The first-order chi connectivity index (χ1) is 12.2. The lowest BCUT2D eigenvalue weighted by molar-refractivity contribution is -0.138. The maximum Gasteiger partial charge on any atom is 0.416 e. The van der Waals surface area contributed by atoms with E-state index in [0.29, 0.717) is 4.57 Å². The highest BCUT2D eigenvalue weighted by atomic mass is 19.4. The first-order valence-electron chi connectivity index (χ1n) is 7.34. The number of nitrogens with zero attached hydrogens (tertiary/aromatic N) is 1. The third-order valence-corrected chi connectivity index (χ3v) is 3.88. The van der Waals surface area contributed by atoms with E-state index < -0.39 is 35.5 Å². The molecule has 2 N–H and O–H groups in total. The molecule has 3 rings (SSSR count). The van der Waals surface area contributed by atoms with Crippen LogP contribution in [0.2, 0.25) is 0 Å². The number of halogens is 3. The van der Waals surface area contributed by atoms with Crippen molar-refractivity contribution >= 4 is 16.9 Å². The fourth-order valence-electron chi connectivity index (χ4n) is 2.64. The molecule has 2 aromatic carbocycles. The summed E-state index contributed by atoms with van der Waals surface area (Å²) in [5, 5.41) is 8.96. The number of nitrogens with one attached hydrogen (secondary N) is 1. The van der Waals surface area contributed by atoms with Crippen LogP contribution in [0, 0.1) is 0 Å². The van der Waals surface area contributed by atoms with Crippen molar-refractivity contribution in [3.63, 3.8) is 0 Å². The molecule has 0 aliphatic carbocycles. The van der Waals surface area contributed by atoms with Crippen LogP contribution in [0.25, 0.3) is 10.9 Å². The zero-order valence-electron chi connectivity index (χ0n) is 13.0. The Kier molecular flexibility index (Phi) is 4.15. The molecule has 0 amide bonds. The average molecular weight is 364 g/mol. The smallest absolute Gasteiger partial charge is 0.416 e. The van der Waals surface area contributed by atoms with E-state index in [1.807, 2.05) is 0 Å². The number of fused-ring (bicyclic) bond motifs is 1. The van der Waals surface area contributed by atoms with Crippen LogP contribution >= 0.6 is 0 Å². The van der Waals surface area contributed by atoms with Crippen LogP contribution in [0.3, 0.4) is 0 Å². The van der Waals surface area contributed by atoms with Gasteiger partial charge in [-0.2, -0.15) is 13.2 Å². The topological polar surface area (TPSA) is 92.2 Å². The van der Waals surface area contributed by atoms with Crippen molar-refractivity contribution in [2.75, 3.05) is 0 Å². The maximum atomic E-state index is 13.1. The normalized spacial score (nSPS) is 11.7. The minimum atomic E-state index is -4.62. The van der Waals surface area contributed by atoms with Crippen molar-refractivity contribution in [2.24, 2.45) is 0 Å². The molecule has 0 fully saturated rings. The van der Waals surface area contributed by atoms with Crippen LogP contribution in [-0.4, -0.2) is 20.6 Å². The molecular formula is C17H11F3N2O4. The number of aromatic amines is 1. The van der Waals surface area contributed by atoms with Gasteiger partial charge in [-0.25, -0.2) is 9.59 Å². The predicted octanol–water partition coefficient (Wildman–Crippen LogP) is 2.46. The second-order valence-corrected chi connectivity index (χ2v) is 5.54. The number of rotatable bonds is 3. The summed E-state index contributed by atoms with van der Waals surface area (Å²) < 4.78 is 39.9. The van der Waals surface area contributed by atoms with Gasteiger partial charge in [0.2, 0.25) is 0 Å². The van der Waals surface area contributed by atoms with Crippen molar-refractivity contribution in [2.45, 2.75) is 12.7 Å². The van der Waals surface area contributed by atoms with Crippen LogP contribution in [0.1, 0.15) is 21.5 Å². The van der Waals surface area contributed by atoms with Crippen molar-refractivity contribution < 1.29 is 23.1 Å².